The highest BCUT2D eigenvalue weighted by Crippen LogP contribution is 2.03. The fourth-order valence-corrected chi connectivity index (χ4v) is 1.11. The Bertz CT molecular complexity index is 584. The standard InChI is InChI=1S/C7H7N5O3/c1-3(13)15-12-2-9-4-5(12)10-7(8)11-6(4)14/h2H,1H3,(H3,8,10,11,14). The molecule has 0 atom stereocenters. The molecular formula is C7H7N5O3. The Morgan fingerprint density at radius 2 is 2.40 bits per heavy atom. The zero-order valence-electron chi connectivity index (χ0n) is 7.72. The summed E-state index contributed by atoms with van der Waals surface area (Å²) in [5.41, 5.74) is 5.02. The zero-order valence-corrected chi connectivity index (χ0v) is 7.72. The number of aromatic amines is 1. The van der Waals surface area contributed by atoms with E-state index in [1.165, 1.54) is 13.3 Å². The molecule has 15 heavy (non-hydrogen) atoms. The number of imidazole rings is 1. The lowest BCUT2D eigenvalue weighted by molar-refractivity contribution is -0.141. The van der Waals surface area contributed by atoms with E-state index in [9.17, 15) is 9.59 Å². The molecule has 0 saturated heterocycles. The summed E-state index contributed by atoms with van der Waals surface area (Å²) < 4.78 is 0.989. The van der Waals surface area contributed by atoms with Gasteiger partial charge in [-0.1, -0.05) is 0 Å². The molecule has 2 rings (SSSR count). The summed E-state index contributed by atoms with van der Waals surface area (Å²) >= 11 is 0. The number of H-pyrrole nitrogens is 1. The van der Waals surface area contributed by atoms with Crippen molar-refractivity contribution in [2.24, 2.45) is 0 Å². The van der Waals surface area contributed by atoms with Crippen LogP contribution in [0.3, 0.4) is 0 Å². The van der Waals surface area contributed by atoms with Crippen molar-refractivity contribution in [3.8, 4) is 0 Å². The van der Waals surface area contributed by atoms with Crippen molar-refractivity contribution in [1.29, 1.82) is 0 Å². The van der Waals surface area contributed by atoms with Crippen molar-refractivity contribution in [1.82, 2.24) is 19.7 Å². The normalized spacial score (nSPS) is 10.5. The van der Waals surface area contributed by atoms with Crippen LogP contribution in [0.1, 0.15) is 6.92 Å². The van der Waals surface area contributed by atoms with Crippen LogP contribution in [0.4, 0.5) is 5.95 Å². The van der Waals surface area contributed by atoms with E-state index in [4.69, 9.17) is 10.6 Å². The molecule has 0 saturated carbocycles. The Kier molecular flexibility index (Phi) is 1.89. The van der Waals surface area contributed by atoms with Crippen LogP contribution in [0.2, 0.25) is 0 Å². The lowest BCUT2D eigenvalue weighted by Gasteiger charge is -2.00. The number of fused-ring (bicyclic) bond motifs is 1. The topological polar surface area (TPSA) is 116 Å². The highest BCUT2D eigenvalue weighted by Gasteiger charge is 2.10. The maximum absolute atomic E-state index is 11.3. The molecule has 3 N–H and O–H groups in total. The number of nitrogens with zero attached hydrogens (tertiary/aromatic N) is 3. The third kappa shape index (κ3) is 1.52. The molecule has 2 aromatic heterocycles. The monoisotopic (exact) mass is 209 g/mol. The Balaban J connectivity index is 2.68. The van der Waals surface area contributed by atoms with Gasteiger partial charge in [-0.25, -0.2) is 9.78 Å². The molecule has 0 aliphatic rings. The Morgan fingerprint density at radius 3 is 3.07 bits per heavy atom. The summed E-state index contributed by atoms with van der Waals surface area (Å²) in [6.45, 7) is 1.22. The first kappa shape index (κ1) is 9.19. The number of nitrogens with two attached hydrogens (primary N) is 1. The van der Waals surface area contributed by atoms with Gasteiger partial charge in [-0.2, -0.15) is 4.98 Å². The molecule has 8 nitrogen and oxygen atoms in total. The molecule has 8 heteroatoms. The molecule has 0 aliphatic carbocycles. The van der Waals surface area contributed by atoms with Crippen LogP contribution in [0, 0.1) is 0 Å². The number of nitrogens with one attached hydrogen (secondary N) is 1. The largest absolute Gasteiger partial charge is 0.369 e. The third-order valence-corrected chi connectivity index (χ3v) is 1.62. The van der Waals surface area contributed by atoms with Gasteiger partial charge in [0.05, 0.1) is 0 Å². The molecular weight excluding hydrogens is 202 g/mol. The Morgan fingerprint density at radius 1 is 1.67 bits per heavy atom. The minimum atomic E-state index is -0.546. The highest BCUT2D eigenvalue weighted by atomic mass is 16.7. The fourth-order valence-electron chi connectivity index (χ4n) is 1.11. The first-order chi connectivity index (χ1) is 7.08. The average molecular weight is 209 g/mol. The molecule has 0 spiro atoms. The first-order valence-electron chi connectivity index (χ1n) is 3.99. The second-order valence-electron chi connectivity index (χ2n) is 2.78. The first-order valence-corrected chi connectivity index (χ1v) is 3.99. The number of anilines is 1. The Labute approximate surface area is 82.7 Å². The van der Waals surface area contributed by atoms with E-state index in [2.05, 4.69) is 15.0 Å². The van der Waals surface area contributed by atoms with Gasteiger partial charge in [0.15, 0.2) is 5.52 Å². The molecule has 0 aromatic carbocycles. The quantitative estimate of drug-likeness (QED) is 0.601. The van der Waals surface area contributed by atoms with Crippen LogP contribution in [0.25, 0.3) is 11.2 Å². The van der Waals surface area contributed by atoms with Crippen LogP contribution < -0.4 is 16.1 Å². The maximum Gasteiger partial charge on any atom is 0.330 e. The predicted molar refractivity (Wildman–Crippen MR) is 49.8 cm³/mol. The van der Waals surface area contributed by atoms with E-state index in [0.717, 1.165) is 4.73 Å². The van der Waals surface area contributed by atoms with Crippen LogP contribution >= 0.6 is 0 Å². The smallest absolute Gasteiger partial charge is 0.330 e. The third-order valence-electron chi connectivity index (χ3n) is 1.62. The van der Waals surface area contributed by atoms with Crippen LogP contribution in [-0.2, 0) is 4.79 Å². The second-order valence-corrected chi connectivity index (χ2v) is 2.78. The van der Waals surface area contributed by atoms with Gasteiger partial charge in [0.1, 0.15) is 6.33 Å². The van der Waals surface area contributed by atoms with Gasteiger partial charge >= 0.3 is 5.97 Å². The fraction of sp³-hybridized carbons (Fsp3) is 0.143. The molecule has 0 unspecified atom stereocenters. The van der Waals surface area contributed by atoms with Crippen molar-refractivity contribution in [3.05, 3.63) is 16.7 Å². The molecule has 0 amide bonds. The number of rotatable bonds is 1. The van der Waals surface area contributed by atoms with Crippen LogP contribution in [0.15, 0.2) is 11.1 Å². The summed E-state index contributed by atoms with van der Waals surface area (Å²) in [4.78, 5) is 36.5. The van der Waals surface area contributed by atoms with Gasteiger partial charge in [-0.15, -0.1) is 4.73 Å². The van der Waals surface area contributed by atoms with Gasteiger partial charge in [-0.3, -0.25) is 9.78 Å². The number of nitrogen functional groups attached to an aromatic ring is 1. The van der Waals surface area contributed by atoms with E-state index in [0.29, 0.717) is 0 Å². The van der Waals surface area contributed by atoms with E-state index in [1.807, 2.05) is 0 Å². The Hall–Kier alpha value is -2.38. The molecule has 0 fully saturated rings. The van der Waals surface area contributed by atoms with Crippen molar-refractivity contribution in [2.75, 3.05) is 5.73 Å². The van der Waals surface area contributed by atoms with Crippen LogP contribution in [0.5, 0.6) is 0 Å². The zero-order chi connectivity index (χ0) is 11.0. The predicted octanol–water partition coefficient (Wildman–Crippen LogP) is -1.32. The van der Waals surface area contributed by atoms with E-state index < -0.39 is 11.5 Å². The van der Waals surface area contributed by atoms with Crippen molar-refractivity contribution in [3.63, 3.8) is 0 Å². The molecule has 0 bridgehead atoms. The maximum atomic E-state index is 11.3. The number of hydrogen-bond acceptors (Lipinski definition) is 6. The van der Waals surface area contributed by atoms with Gasteiger partial charge in [0.25, 0.3) is 5.56 Å². The number of hydrogen-bond donors (Lipinski definition) is 2. The van der Waals surface area contributed by atoms with E-state index in [-0.39, 0.29) is 17.1 Å². The average Bonchev–Trinajstić information content (AvgIpc) is 2.48. The summed E-state index contributed by atoms with van der Waals surface area (Å²) in [7, 11) is 0. The molecule has 78 valence electrons. The van der Waals surface area contributed by atoms with E-state index in [1.54, 1.807) is 0 Å². The van der Waals surface area contributed by atoms with Gasteiger partial charge < -0.3 is 10.6 Å². The number of carbonyl (C=O) groups is 1. The lowest BCUT2D eigenvalue weighted by atomic mass is 10.5. The SMILES string of the molecule is CC(=O)On1cnc2c(=O)[nH]c(N)nc21. The minimum absolute atomic E-state index is 0.0606. The van der Waals surface area contributed by atoms with Gasteiger partial charge in [0.2, 0.25) is 11.6 Å². The van der Waals surface area contributed by atoms with Crippen molar-refractivity contribution >= 4 is 23.1 Å². The highest BCUT2D eigenvalue weighted by molar-refractivity contribution is 5.72. The molecule has 2 heterocycles. The summed E-state index contributed by atoms with van der Waals surface area (Å²) in [6, 6.07) is 0. The van der Waals surface area contributed by atoms with Crippen molar-refractivity contribution < 1.29 is 9.63 Å². The molecule has 2 aromatic rings. The molecule has 0 aliphatic heterocycles. The van der Waals surface area contributed by atoms with Crippen molar-refractivity contribution in [2.45, 2.75) is 6.92 Å². The number of carbonyl (C=O) groups excluding carboxylic acids is 1. The summed E-state index contributed by atoms with van der Waals surface area (Å²) in [5, 5.41) is 0. The van der Waals surface area contributed by atoms with E-state index >= 15 is 0 Å². The van der Waals surface area contributed by atoms with Gasteiger partial charge in [0, 0.05) is 6.92 Å². The lowest BCUT2D eigenvalue weighted by Crippen LogP contribution is -2.18. The summed E-state index contributed by atoms with van der Waals surface area (Å²) in [5.74, 6) is -0.614. The minimum Gasteiger partial charge on any atom is -0.369 e. The molecule has 0 radical (unpaired) electrons. The van der Waals surface area contributed by atoms with Gasteiger partial charge in [-0.05, 0) is 0 Å². The van der Waals surface area contributed by atoms with Crippen LogP contribution in [-0.4, -0.2) is 25.7 Å². The second kappa shape index (κ2) is 3.08. The number of aromatic nitrogens is 4. The summed E-state index contributed by atoms with van der Waals surface area (Å²) in [6.07, 6.45) is 1.17.